The molecule has 6 nitrogen and oxygen atoms in total. The highest BCUT2D eigenvalue weighted by molar-refractivity contribution is 5.73. The Hall–Kier alpha value is -1.26. The van der Waals surface area contributed by atoms with Gasteiger partial charge in [-0.2, -0.15) is 0 Å². The number of nitrogens with zero attached hydrogens (tertiary/aromatic N) is 3. The zero-order valence-corrected chi connectivity index (χ0v) is 10.7. The lowest BCUT2D eigenvalue weighted by Gasteiger charge is -2.23. The third kappa shape index (κ3) is 5.38. The van der Waals surface area contributed by atoms with Crippen LogP contribution in [0.1, 0.15) is 44.9 Å². The Labute approximate surface area is 107 Å². The maximum Gasteiger partial charge on any atom is 0.320 e. The van der Waals surface area contributed by atoms with E-state index in [9.17, 15) is 9.90 Å². The molecule has 1 aliphatic rings. The van der Waals surface area contributed by atoms with E-state index < -0.39 is 12.0 Å². The largest absolute Gasteiger partial charge is 0.480 e. The lowest BCUT2D eigenvalue weighted by atomic mass is 9.92. The highest BCUT2D eigenvalue weighted by Crippen LogP contribution is 2.25. The molecule has 0 radical (unpaired) electrons. The van der Waals surface area contributed by atoms with Crippen molar-refractivity contribution in [1.29, 1.82) is 0 Å². The van der Waals surface area contributed by atoms with Gasteiger partial charge in [0.1, 0.15) is 6.04 Å². The summed E-state index contributed by atoms with van der Waals surface area (Å²) in [6.45, 7) is 1.01. The van der Waals surface area contributed by atoms with Crippen LogP contribution in [0.25, 0.3) is 10.4 Å². The fourth-order valence-corrected chi connectivity index (χ4v) is 2.55. The number of carbonyl (C=O) groups is 1. The molecule has 0 aliphatic heterocycles. The van der Waals surface area contributed by atoms with Crippen LogP contribution in [0, 0.1) is 5.92 Å². The second-order valence-corrected chi connectivity index (χ2v) is 4.83. The molecule has 1 rings (SSSR count). The number of carboxylic acids is 1. The number of hydrogen-bond donors (Lipinski definition) is 2. The Morgan fingerprint density at radius 1 is 1.39 bits per heavy atom. The molecule has 0 aromatic rings. The Bertz CT molecular complexity index is 294. The van der Waals surface area contributed by atoms with Crippen molar-refractivity contribution in [3.63, 3.8) is 0 Å². The van der Waals surface area contributed by atoms with Crippen LogP contribution >= 0.6 is 0 Å². The molecule has 0 amide bonds. The summed E-state index contributed by atoms with van der Waals surface area (Å²) in [6.07, 6.45) is 7.39. The van der Waals surface area contributed by atoms with Gasteiger partial charge in [-0.15, -0.1) is 0 Å². The standard InChI is InChI=1S/C12H22N4O2/c13-16-15-9-5-8-14-11(12(17)18)10-6-3-1-2-4-7-10/h10-11,14H,1-9H2,(H,17,18). The van der Waals surface area contributed by atoms with Crippen LogP contribution in [0.4, 0.5) is 0 Å². The van der Waals surface area contributed by atoms with Gasteiger partial charge < -0.3 is 10.4 Å². The van der Waals surface area contributed by atoms with E-state index in [1.807, 2.05) is 0 Å². The fraction of sp³-hybridized carbons (Fsp3) is 0.917. The minimum Gasteiger partial charge on any atom is -0.480 e. The molecule has 1 atom stereocenters. The predicted octanol–water partition coefficient (Wildman–Crippen LogP) is 2.70. The second-order valence-electron chi connectivity index (χ2n) is 4.83. The highest BCUT2D eigenvalue weighted by atomic mass is 16.4. The first-order valence-electron chi connectivity index (χ1n) is 6.72. The SMILES string of the molecule is [N-]=[N+]=NCCCNC(C(=O)O)C1CCCCCC1. The first-order valence-corrected chi connectivity index (χ1v) is 6.72. The van der Waals surface area contributed by atoms with Gasteiger partial charge >= 0.3 is 5.97 Å². The zero-order chi connectivity index (χ0) is 13.2. The lowest BCUT2D eigenvalue weighted by molar-refractivity contribution is -0.141. The summed E-state index contributed by atoms with van der Waals surface area (Å²) in [5, 5.41) is 15.8. The first kappa shape index (κ1) is 14.8. The van der Waals surface area contributed by atoms with Crippen molar-refractivity contribution in [1.82, 2.24) is 5.32 Å². The minimum absolute atomic E-state index is 0.240. The summed E-state index contributed by atoms with van der Waals surface area (Å²) in [5.41, 5.74) is 8.14. The van der Waals surface area contributed by atoms with Gasteiger partial charge in [0.05, 0.1) is 0 Å². The van der Waals surface area contributed by atoms with Gasteiger partial charge in [-0.3, -0.25) is 4.79 Å². The van der Waals surface area contributed by atoms with E-state index in [-0.39, 0.29) is 5.92 Å². The molecule has 102 valence electrons. The molecule has 1 saturated carbocycles. The summed E-state index contributed by atoms with van der Waals surface area (Å²) in [6, 6.07) is -0.450. The van der Waals surface area contributed by atoms with E-state index in [1.54, 1.807) is 0 Å². The number of rotatable bonds is 7. The van der Waals surface area contributed by atoms with Crippen molar-refractivity contribution in [2.24, 2.45) is 11.0 Å². The van der Waals surface area contributed by atoms with E-state index in [4.69, 9.17) is 5.53 Å². The number of nitrogens with one attached hydrogen (secondary N) is 1. The van der Waals surface area contributed by atoms with Crippen LogP contribution in [-0.2, 0) is 4.79 Å². The van der Waals surface area contributed by atoms with Crippen molar-refractivity contribution in [2.45, 2.75) is 51.0 Å². The molecule has 0 saturated heterocycles. The summed E-state index contributed by atoms with van der Waals surface area (Å²) in [4.78, 5) is 14.0. The number of hydrogen-bond acceptors (Lipinski definition) is 3. The van der Waals surface area contributed by atoms with Crippen molar-refractivity contribution in [2.75, 3.05) is 13.1 Å². The van der Waals surface area contributed by atoms with Crippen LogP contribution in [0.3, 0.4) is 0 Å². The number of azide groups is 1. The maximum absolute atomic E-state index is 11.3. The summed E-state index contributed by atoms with van der Waals surface area (Å²) < 4.78 is 0. The third-order valence-electron chi connectivity index (χ3n) is 3.50. The van der Waals surface area contributed by atoms with E-state index in [2.05, 4.69) is 15.3 Å². The number of carboxylic acid groups (broad SMARTS) is 1. The molecule has 1 aliphatic carbocycles. The smallest absolute Gasteiger partial charge is 0.320 e. The summed E-state index contributed by atoms with van der Waals surface area (Å²) in [5.74, 6) is -0.518. The van der Waals surface area contributed by atoms with Crippen LogP contribution in [-0.4, -0.2) is 30.2 Å². The molecule has 6 heteroatoms. The normalized spacial score (nSPS) is 18.7. The van der Waals surface area contributed by atoms with Crippen molar-refractivity contribution in [3.8, 4) is 0 Å². The van der Waals surface area contributed by atoms with Crippen LogP contribution < -0.4 is 5.32 Å². The predicted molar refractivity (Wildman–Crippen MR) is 69.2 cm³/mol. The summed E-state index contributed by atoms with van der Waals surface area (Å²) >= 11 is 0. The Kier molecular flexibility index (Phi) is 7.22. The van der Waals surface area contributed by atoms with Crippen molar-refractivity contribution in [3.05, 3.63) is 10.4 Å². The summed E-state index contributed by atoms with van der Waals surface area (Å²) in [7, 11) is 0. The molecule has 1 unspecified atom stereocenters. The van der Waals surface area contributed by atoms with Crippen molar-refractivity contribution >= 4 is 5.97 Å². The van der Waals surface area contributed by atoms with E-state index in [0.29, 0.717) is 19.5 Å². The van der Waals surface area contributed by atoms with Crippen LogP contribution in [0.15, 0.2) is 5.11 Å². The Balaban J connectivity index is 2.37. The molecule has 0 heterocycles. The maximum atomic E-state index is 11.3. The molecule has 0 aromatic heterocycles. The quantitative estimate of drug-likeness (QED) is 0.240. The van der Waals surface area contributed by atoms with Crippen molar-refractivity contribution < 1.29 is 9.90 Å². The Morgan fingerprint density at radius 2 is 2.06 bits per heavy atom. The average molecular weight is 254 g/mol. The van der Waals surface area contributed by atoms with Gasteiger partial charge in [-0.25, -0.2) is 0 Å². The van der Waals surface area contributed by atoms with Gasteiger partial charge in [0, 0.05) is 11.5 Å². The minimum atomic E-state index is -0.759. The second kappa shape index (κ2) is 8.78. The van der Waals surface area contributed by atoms with E-state index in [1.165, 1.54) is 12.8 Å². The number of aliphatic carboxylic acids is 1. The van der Waals surface area contributed by atoms with E-state index >= 15 is 0 Å². The molecular formula is C12H22N4O2. The van der Waals surface area contributed by atoms with Crippen LogP contribution in [0.2, 0.25) is 0 Å². The monoisotopic (exact) mass is 254 g/mol. The third-order valence-corrected chi connectivity index (χ3v) is 3.50. The molecule has 0 spiro atoms. The van der Waals surface area contributed by atoms with Gasteiger partial charge in [-0.05, 0) is 37.3 Å². The molecular weight excluding hydrogens is 232 g/mol. The molecule has 18 heavy (non-hydrogen) atoms. The highest BCUT2D eigenvalue weighted by Gasteiger charge is 2.27. The Morgan fingerprint density at radius 3 is 2.61 bits per heavy atom. The lowest BCUT2D eigenvalue weighted by Crippen LogP contribution is -2.43. The zero-order valence-electron chi connectivity index (χ0n) is 10.7. The van der Waals surface area contributed by atoms with E-state index in [0.717, 1.165) is 25.7 Å². The topological polar surface area (TPSA) is 98.1 Å². The molecule has 0 bridgehead atoms. The molecule has 1 fully saturated rings. The molecule has 2 N–H and O–H groups in total. The van der Waals surface area contributed by atoms with Gasteiger partial charge in [0.2, 0.25) is 0 Å². The van der Waals surface area contributed by atoms with Gasteiger partial charge in [0.25, 0.3) is 0 Å². The van der Waals surface area contributed by atoms with Crippen LogP contribution in [0.5, 0.6) is 0 Å². The van der Waals surface area contributed by atoms with Gasteiger partial charge in [0.15, 0.2) is 0 Å². The first-order chi connectivity index (χ1) is 8.75. The average Bonchev–Trinajstić information content (AvgIpc) is 2.62. The van der Waals surface area contributed by atoms with Gasteiger partial charge in [-0.1, -0.05) is 30.8 Å². The fourth-order valence-electron chi connectivity index (χ4n) is 2.55. The molecule has 0 aromatic carbocycles.